The smallest absolute Gasteiger partial charge is 0.263 e. The van der Waals surface area contributed by atoms with Gasteiger partial charge in [0.05, 0.1) is 25.6 Å². The Morgan fingerprint density at radius 3 is 2.94 bits per heavy atom. The minimum Gasteiger partial charge on any atom is -0.384 e. The third-order valence-corrected chi connectivity index (χ3v) is 6.34. The highest BCUT2D eigenvalue weighted by Crippen LogP contribution is 2.27. The maximum atomic E-state index is 12.8. The molecule has 0 spiro atoms. The number of carbonyl (C=O) groups is 3. The molecule has 1 aliphatic heterocycles. The van der Waals surface area contributed by atoms with Crippen LogP contribution in [0, 0.1) is 5.92 Å². The zero-order valence-electron chi connectivity index (χ0n) is 18.5. The van der Waals surface area contributed by atoms with E-state index in [2.05, 4.69) is 15.3 Å². The molecule has 1 atom stereocenters. The maximum absolute atomic E-state index is 12.8. The number of amides is 3. The fraction of sp³-hybridized carbons (Fsp3) is 0.571. The number of aromatic nitrogens is 3. The molecule has 0 saturated carbocycles. The highest BCUT2D eigenvalue weighted by atomic mass is 32.1. The lowest BCUT2D eigenvalue weighted by Crippen LogP contribution is -2.37. The molecule has 11 heteroatoms. The lowest BCUT2D eigenvalue weighted by Gasteiger charge is -2.23. The summed E-state index contributed by atoms with van der Waals surface area (Å²) in [7, 11) is 1.55. The van der Waals surface area contributed by atoms with Gasteiger partial charge in [0.25, 0.3) is 5.91 Å². The normalized spacial score (nSPS) is 15.9. The van der Waals surface area contributed by atoms with E-state index < -0.39 is 0 Å². The van der Waals surface area contributed by atoms with Crippen molar-refractivity contribution in [2.24, 2.45) is 5.92 Å². The third kappa shape index (κ3) is 6.36. The summed E-state index contributed by atoms with van der Waals surface area (Å²) in [6.45, 7) is 5.22. The highest BCUT2D eigenvalue weighted by molar-refractivity contribution is 7.17. The predicted octanol–water partition coefficient (Wildman–Crippen LogP) is 1.40. The first-order chi connectivity index (χ1) is 15.5. The Bertz CT molecular complexity index is 900. The molecule has 2 aromatic rings. The Hall–Kier alpha value is -2.79. The monoisotopic (exact) mass is 462 g/mol. The maximum Gasteiger partial charge on any atom is 0.263 e. The van der Waals surface area contributed by atoms with Crippen molar-refractivity contribution in [3.05, 3.63) is 29.8 Å². The Labute approximate surface area is 191 Å². The largest absolute Gasteiger partial charge is 0.384 e. The van der Waals surface area contributed by atoms with Crippen LogP contribution in [-0.4, -0.2) is 77.1 Å². The lowest BCUT2D eigenvalue weighted by molar-refractivity contribution is -0.127. The number of anilines is 1. The van der Waals surface area contributed by atoms with Crippen molar-refractivity contribution in [3.8, 4) is 0 Å². The van der Waals surface area contributed by atoms with Crippen LogP contribution in [0.5, 0.6) is 0 Å². The van der Waals surface area contributed by atoms with Gasteiger partial charge in [-0.3, -0.25) is 19.3 Å². The molecular weight excluding hydrogens is 432 g/mol. The van der Waals surface area contributed by atoms with Gasteiger partial charge in [0, 0.05) is 64.6 Å². The minimum atomic E-state index is -0.211. The van der Waals surface area contributed by atoms with Crippen molar-refractivity contribution >= 4 is 34.2 Å². The number of hydrogen-bond donors (Lipinski definition) is 1. The third-order valence-electron chi connectivity index (χ3n) is 5.32. The fourth-order valence-corrected chi connectivity index (χ4v) is 4.47. The molecule has 0 radical (unpaired) electrons. The number of likely N-dealkylation sites (tertiary alicyclic amines) is 1. The number of nitrogens with zero attached hydrogens (tertiary/aromatic N) is 5. The van der Waals surface area contributed by atoms with E-state index >= 15 is 0 Å². The molecule has 3 amide bonds. The average molecular weight is 463 g/mol. The topological polar surface area (TPSA) is 110 Å². The van der Waals surface area contributed by atoms with Gasteiger partial charge in [-0.2, -0.15) is 0 Å². The zero-order chi connectivity index (χ0) is 22.9. The van der Waals surface area contributed by atoms with Gasteiger partial charge in [-0.15, -0.1) is 0 Å². The second-order valence-corrected chi connectivity index (χ2v) is 8.68. The molecule has 3 heterocycles. The SMILES string of the molecule is CCN1CC(CN(C(=O)CCOC)c2ncc(C(=O)NCCCn3ccnc3)s2)CC1=O. The molecule has 32 heavy (non-hydrogen) atoms. The Morgan fingerprint density at radius 1 is 1.41 bits per heavy atom. The number of aryl methyl sites for hydroxylation is 1. The molecule has 1 saturated heterocycles. The summed E-state index contributed by atoms with van der Waals surface area (Å²) in [6, 6.07) is 0. The summed E-state index contributed by atoms with van der Waals surface area (Å²) in [5.74, 6) is -0.192. The average Bonchev–Trinajstić information content (AvgIpc) is 3.54. The number of ether oxygens (including phenoxy) is 1. The minimum absolute atomic E-state index is 0.0401. The zero-order valence-corrected chi connectivity index (χ0v) is 19.3. The summed E-state index contributed by atoms with van der Waals surface area (Å²) < 4.78 is 7.00. The van der Waals surface area contributed by atoms with Crippen molar-refractivity contribution in [2.45, 2.75) is 32.7 Å². The number of imidazole rings is 1. The van der Waals surface area contributed by atoms with Gasteiger partial charge in [0.2, 0.25) is 11.8 Å². The summed E-state index contributed by atoms with van der Waals surface area (Å²) >= 11 is 1.18. The second kappa shape index (κ2) is 11.7. The van der Waals surface area contributed by atoms with Gasteiger partial charge < -0.3 is 19.5 Å². The number of rotatable bonds is 12. The molecule has 2 aromatic heterocycles. The molecule has 0 bridgehead atoms. The van der Waals surface area contributed by atoms with Crippen LogP contribution in [-0.2, 0) is 20.9 Å². The van der Waals surface area contributed by atoms with Crippen LogP contribution >= 0.6 is 11.3 Å². The van der Waals surface area contributed by atoms with Crippen molar-refractivity contribution in [3.63, 3.8) is 0 Å². The number of hydrogen-bond acceptors (Lipinski definition) is 7. The molecule has 3 rings (SSSR count). The quantitative estimate of drug-likeness (QED) is 0.478. The second-order valence-electron chi connectivity index (χ2n) is 7.67. The molecule has 1 fully saturated rings. The summed E-state index contributed by atoms with van der Waals surface area (Å²) in [5.41, 5.74) is 0. The predicted molar refractivity (Wildman–Crippen MR) is 120 cm³/mol. The number of thiazole rings is 1. The van der Waals surface area contributed by atoms with E-state index in [1.54, 1.807) is 29.4 Å². The fourth-order valence-electron chi connectivity index (χ4n) is 3.62. The molecule has 0 aliphatic carbocycles. The van der Waals surface area contributed by atoms with Crippen LogP contribution < -0.4 is 10.2 Å². The molecule has 1 unspecified atom stereocenters. The first-order valence-corrected chi connectivity index (χ1v) is 11.6. The Kier molecular flexibility index (Phi) is 8.74. The number of nitrogens with one attached hydrogen (secondary N) is 1. The van der Waals surface area contributed by atoms with Crippen LogP contribution in [0.1, 0.15) is 35.9 Å². The van der Waals surface area contributed by atoms with Crippen molar-refractivity contribution < 1.29 is 19.1 Å². The van der Waals surface area contributed by atoms with E-state index in [1.165, 1.54) is 17.5 Å². The molecule has 10 nitrogen and oxygen atoms in total. The van der Waals surface area contributed by atoms with E-state index in [1.807, 2.05) is 17.7 Å². The lowest BCUT2D eigenvalue weighted by atomic mass is 10.1. The van der Waals surface area contributed by atoms with Crippen LogP contribution in [0.2, 0.25) is 0 Å². The van der Waals surface area contributed by atoms with Gasteiger partial charge in [0.15, 0.2) is 5.13 Å². The number of methoxy groups -OCH3 is 1. The Balaban J connectivity index is 1.60. The van der Waals surface area contributed by atoms with Gasteiger partial charge in [-0.05, 0) is 13.3 Å². The van der Waals surface area contributed by atoms with Crippen LogP contribution in [0.25, 0.3) is 0 Å². The standard InChI is InChI=1S/C21H30N6O4S/c1-3-26-13-16(11-19(26)29)14-27(18(28)5-10-31-2)21-24-12-17(32-21)20(30)23-6-4-8-25-9-7-22-15-25/h7,9,12,15-16H,3-6,8,10-11,13-14H2,1-2H3,(H,23,30). The number of carbonyl (C=O) groups excluding carboxylic acids is 3. The van der Waals surface area contributed by atoms with Crippen LogP contribution in [0.4, 0.5) is 5.13 Å². The van der Waals surface area contributed by atoms with E-state index in [-0.39, 0.29) is 30.1 Å². The first-order valence-electron chi connectivity index (χ1n) is 10.8. The first kappa shape index (κ1) is 23.9. The van der Waals surface area contributed by atoms with Crippen molar-refractivity contribution in [1.82, 2.24) is 24.8 Å². The van der Waals surface area contributed by atoms with Crippen molar-refractivity contribution in [2.75, 3.05) is 44.8 Å². The summed E-state index contributed by atoms with van der Waals surface area (Å²) in [4.78, 5) is 49.6. The molecule has 1 aliphatic rings. The van der Waals surface area contributed by atoms with Crippen LogP contribution in [0.3, 0.4) is 0 Å². The van der Waals surface area contributed by atoms with Crippen molar-refractivity contribution in [1.29, 1.82) is 0 Å². The molecule has 0 aromatic carbocycles. The molecule has 1 N–H and O–H groups in total. The van der Waals surface area contributed by atoms with Gasteiger partial charge in [-0.25, -0.2) is 9.97 Å². The van der Waals surface area contributed by atoms with Gasteiger partial charge >= 0.3 is 0 Å². The van der Waals surface area contributed by atoms with Gasteiger partial charge in [0.1, 0.15) is 4.88 Å². The summed E-state index contributed by atoms with van der Waals surface area (Å²) in [5, 5.41) is 3.36. The Morgan fingerprint density at radius 2 is 2.25 bits per heavy atom. The van der Waals surface area contributed by atoms with E-state index in [9.17, 15) is 14.4 Å². The van der Waals surface area contributed by atoms with E-state index in [4.69, 9.17) is 4.74 Å². The molecule has 174 valence electrons. The van der Waals surface area contributed by atoms with E-state index in [0.717, 1.165) is 13.0 Å². The molecular formula is C21H30N6O4S. The van der Waals surface area contributed by atoms with Gasteiger partial charge in [-0.1, -0.05) is 11.3 Å². The summed E-state index contributed by atoms with van der Waals surface area (Å²) in [6.07, 6.45) is 8.24. The highest BCUT2D eigenvalue weighted by Gasteiger charge is 2.32. The van der Waals surface area contributed by atoms with Crippen LogP contribution in [0.15, 0.2) is 24.9 Å². The van der Waals surface area contributed by atoms with E-state index in [0.29, 0.717) is 49.2 Å².